The number of thioether (sulfide) groups is 1. The molecule has 0 aromatic heterocycles. The predicted octanol–water partition coefficient (Wildman–Crippen LogP) is 3.63. The summed E-state index contributed by atoms with van der Waals surface area (Å²) < 4.78 is 5.65. The van der Waals surface area contributed by atoms with Crippen molar-refractivity contribution in [2.45, 2.75) is 49.0 Å². The van der Waals surface area contributed by atoms with E-state index in [1.807, 2.05) is 18.8 Å². The van der Waals surface area contributed by atoms with Gasteiger partial charge in [-0.05, 0) is 38.4 Å². The van der Waals surface area contributed by atoms with Crippen LogP contribution in [0.5, 0.6) is 0 Å². The lowest BCUT2D eigenvalue weighted by Crippen LogP contribution is -2.17. The van der Waals surface area contributed by atoms with Gasteiger partial charge in [0.2, 0.25) is 0 Å². The maximum absolute atomic E-state index is 5.65. The van der Waals surface area contributed by atoms with Crippen LogP contribution in [-0.2, 0) is 4.74 Å². The summed E-state index contributed by atoms with van der Waals surface area (Å²) in [6.45, 7) is 5.32. The highest BCUT2D eigenvalue weighted by atomic mass is 32.2. The summed E-state index contributed by atoms with van der Waals surface area (Å²) in [6, 6.07) is 9.20. The Morgan fingerprint density at radius 1 is 1.44 bits per heavy atom. The van der Waals surface area contributed by atoms with E-state index < -0.39 is 0 Å². The number of rotatable bonds is 5. The van der Waals surface area contributed by atoms with Crippen molar-refractivity contribution in [1.82, 2.24) is 5.32 Å². The van der Waals surface area contributed by atoms with Crippen LogP contribution >= 0.6 is 11.8 Å². The first-order valence-corrected chi connectivity index (χ1v) is 7.68. The van der Waals surface area contributed by atoms with Gasteiger partial charge in [0.05, 0.1) is 6.10 Å². The Morgan fingerprint density at radius 2 is 2.22 bits per heavy atom. The van der Waals surface area contributed by atoms with Gasteiger partial charge in [0.15, 0.2) is 0 Å². The smallest absolute Gasteiger partial charge is 0.0669 e. The minimum Gasteiger partial charge on any atom is -0.377 e. The molecule has 1 aromatic carbocycles. The van der Waals surface area contributed by atoms with Crippen LogP contribution in [0.3, 0.4) is 0 Å². The maximum atomic E-state index is 5.65. The number of ether oxygens (including phenoxy) is 1. The molecule has 0 aliphatic carbocycles. The zero-order valence-corrected chi connectivity index (χ0v) is 12.3. The molecule has 0 spiro atoms. The second-order valence-corrected chi connectivity index (χ2v) is 6.09. The fourth-order valence-corrected chi connectivity index (χ4v) is 3.80. The van der Waals surface area contributed by atoms with Crippen LogP contribution in [0.4, 0.5) is 0 Å². The molecule has 3 heteroatoms. The number of benzene rings is 1. The van der Waals surface area contributed by atoms with E-state index in [-0.39, 0.29) is 0 Å². The Morgan fingerprint density at radius 3 is 2.83 bits per heavy atom. The molecule has 0 saturated carbocycles. The van der Waals surface area contributed by atoms with E-state index in [4.69, 9.17) is 4.74 Å². The first-order chi connectivity index (χ1) is 8.76. The molecule has 1 aliphatic rings. The van der Waals surface area contributed by atoms with Gasteiger partial charge in [0.25, 0.3) is 0 Å². The number of nitrogens with one attached hydrogen (secondary N) is 1. The van der Waals surface area contributed by atoms with Crippen LogP contribution in [0.1, 0.15) is 38.3 Å². The Labute approximate surface area is 114 Å². The van der Waals surface area contributed by atoms with Crippen molar-refractivity contribution in [3.63, 3.8) is 0 Å². The summed E-state index contributed by atoms with van der Waals surface area (Å²) >= 11 is 1.98. The van der Waals surface area contributed by atoms with Gasteiger partial charge in [-0.25, -0.2) is 0 Å². The molecule has 1 fully saturated rings. The van der Waals surface area contributed by atoms with Gasteiger partial charge in [0, 0.05) is 22.8 Å². The summed E-state index contributed by atoms with van der Waals surface area (Å²) in [5.74, 6) is 0. The third kappa shape index (κ3) is 3.08. The van der Waals surface area contributed by atoms with E-state index in [1.54, 1.807) is 0 Å². The van der Waals surface area contributed by atoms with Crippen LogP contribution in [-0.4, -0.2) is 25.0 Å². The molecular formula is C15H23NOS. The van der Waals surface area contributed by atoms with Crippen molar-refractivity contribution >= 4 is 11.8 Å². The topological polar surface area (TPSA) is 21.3 Å². The van der Waals surface area contributed by atoms with Gasteiger partial charge in [-0.2, -0.15) is 0 Å². The monoisotopic (exact) mass is 265 g/mol. The third-order valence-corrected chi connectivity index (χ3v) is 5.18. The minimum atomic E-state index is 0.373. The van der Waals surface area contributed by atoms with Crippen molar-refractivity contribution in [2.24, 2.45) is 0 Å². The van der Waals surface area contributed by atoms with E-state index >= 15 is 0 Å². The van der Waals surface area contributed by atoms with Crippen molar-refractivity contribution < 1.29 is 4.74 Å². The van der Waals surface area contributed by atoms with Gasteiger partial charge in [0.1, 0.15) is 0 Å². The van der Waals surface area contributed by atoms with Crippen molar-refractivity contribution in [3.05, 3.63) is 29.8 Å². The minimum absolute atomic E-state index is 0.373. The lowest BCUT2D eigenvalue weighted by atomic mass is 10.1. The second-order valence-electron chi connectivity index (χ2n) is 4.81. The summed E-state index contributed by atoms with van der Waals surface area (Å²) in [6.07, 6.45) is 2.65. The van der Waals surface area contributed by atoms with E-state index in [9.17, 15) is 0 Å². The molecule has 0 amide bonds. The van der Waals surface area contributed by atoms with Crippen LogP contribution in [0.2, 0.25) is 0 Å². The lowest BCUT2D eigenvalue weighted by molar-refractivity contribution is 0.127. The Kier molecular flexibility index (Phi) is 5.10. The summed E-state index contributed by atoms with van der Waals surface area (Å²) in [5.41, 5.74) is 1.42. The zero-order valence-electron chi connectivity index (χ0n) is 11.5. The summed E-state index contributed by atoms with van der Waals surface area (Å²) in [4.78, 5) is 1.40. The van der Waals surface area contributed by atoms with E-state index in [2.05, 4.69) is 43.4 Å². The van der Waals surface area contributed by atoms with E-state index in [0.29, 0.717) is 17.4 Å². The standard InChI is InChI=1S/C15H23NOS/c1-4-13(16-3)12-7-5-6-8-15(12)18-14-9-10-17-11(14)2/h5-8,11,13-14,16H,4,9-10H2,1-3H3. The van der Waals surface area contributed by atoms with E-state index in [1.165, 1.54) is 10.5 Å². The van der Waals surface area contributed by atoms with Crippen LogP contribution in [0, 0.1) is 0 Å². The molecule has 1 heterocycles. The Hall–Kier alpha value is -0.510. The lowest BCUT2D eigenvalue weighted by Gasteiger charge is -2.21. The Balaban J connectivity index is 2.16. The fraction of sp³-hybridized carbons (Fsp3) is 0.600. The van der Waals surface area contributed by atoms with Gasteiger partial charge >= 0.3 is 0 Å². The van der Waals surface area contributed by atoms with Gasteiger partial charge in [-0.3, -0.25) is 0 Å². The number of hydrogen-bond acceptors (Lipinski definition) is 3. The highest BCUT2D eigenvalue weighted by Gasteiger charge is 2.26. The quantitative estimate of drug-likeness (QED) is 0.878. The summed E-state index contributed by atoms with van der Waals surface area (Å²) in [7, 11) is 2.04. The highest BCUT2D eigenvalue weighted by Crippen LogP contribution is 2.36. The summed E-state index contributed by atoms with van der Waals surface area (Å²) in [5, 5.41) is 4.00. The molecule has 2 rings (SSSR count). The molecule has 0 radical (unpaired) electrons. The van der Waals surface area contributed by atoms with Gasteiger partial charge in [-0.1, -0.05) is 25.1 Å². The van der Waals surface area contributed by atoms with Crippen LogP contribution in [0.25, 0.3) is 0 Å². The first-order valence-electron chi connectivity index (χ1n) is 6.80. The molecule has 0 bridgehead atoms. The molecule has 1 N–H and O–H groups in total. The average molecular weight is 265 g/mol. The molecular weight excluding hydrogens is 242 g/mol. The predicted molar refractivity (Wildman–Crippen MR) is 78.2 cm³/mol. The molecule has 1 aliphatic heterocycles. The molecule has 18 heavy (non-hydrogen) atoms. The second kappa shape index (κ2) is 6.60. The molecule has 1 aromatic rings. The number of hydrogen-bond donors (Lipinski definition) is 1. The van der Waals surface area contributed by atoms with Crippen LogP contribution in [0.15, 0.2) is 29.2 Å². The normalized spacial score (nSPS) is 25.3. The molecule has 100 valence electrons. The molecule has 1 saturated heterocycles. The molecule has 3 unspecified atom stereocenters. The van der Waals surface area contributed by atoms with E-state index in [0.717, 1.165) is 19.4 Å². The van der Waals surface area contributed by atoms with Crippen LogP contribution < -0.4 is 5.32 Å². The zero-order chi connectivity index (χ0) is 13.0. The van der Waals surface area contributed by atoms with Gasteiger partial charge in [-0.15, -0.1) is 11.8 Å². The van der Waals surface area contributed by atoms with Crippen molar-refractivity contribution in [2.75, 3.05) is 13.7 Å². The maximum Gasteiger partial charge on any atom is 0.0669 e. The average Bonchev–Trinajstić information content (AvgIpc) is 2.79. The SMILES string of the molecule is CCC(NC)c1ccccc1SC1CCOC1C. The largest absolute Gasteiger partial charge is 0.377 e. The highest BCUT2D eigenvalue weighted by molar-refractivity contribution is 8.00. The molecule has 3 atom stereocenters. The third-order valence-electron chi connectivity index (χ3n) is 3.64. The van der Waals surface area contributed by atoms with Crippen molar-refractivity contribution in [1.29, 1.82) is 0 Å². The fourth-order valence-electron chi connectivity index (χ4n) is 2.49. The van der Waals surface area contributed by atoms with Gasteiger partial charge < -0.3 is 10.1 Å². The first kappa shape index (κ1) is 13.9. The Bertz CT molecular complexity index is 379. The molecule has 2 nitrogen and oxygen atoms in total. The van der Waals surface area contributed by atoms with Crippen molar-refractivity contribution in [3.8, 4) is 0 Å².